The summed E-state index contributed by atoms with van der Waals surface area (Å²) in [4.78, 5) is 2.30. The lowest BCUT2D eigenvalue weighted by Crippen LogP contribution is -2.29. The largest absolute Gasteiger partial charge is 0.492 e. The standard InChI is InChI=1S/C14H22N2O/c1-3-17-14-9-12(7-8-13(14)15)16(2)10-11-5-4-6-11/h7-9,11H,3-6,10,15H2,1-2H3. The third-order valence-corrected chi connectivity index (χ3v) is 3.49. The number of rotatable bonds is 5. The van der Waals surface area contributed by atoms with E-state index in [1.54, 1.807) is 0 Å². The van der Waals surface area contributed by atoms with Gasteiger partial charge in [0, 0.05) is 25.3 Å². The smallest absolute Gasteiger partial charge is 0.144 e. The van der Waals surface area contributed by atoms with Gasteiger partial charge in [0.05, 0.1) is 12.3 Å². The van der Waals surface area contributed by atoms with Gasteiger partial charge in [-0.2, -0.15) is 0 Å². The van der Waals surface area contributed by atoms with Crippen molar-refractivity contribution in [1.29, 1.82) is 0 Å². The first-order valence-electron chi connectivity index (χ1n) is 6.44. The molecule has 0 bridgehead atoms. The van der Waals surface area contributed by atoms with Gasteiger partial charge in [-0.3, -0.25) is 0 Å². The molecule has 94 valence electrons. The molecule has 0 spiro atoms. The lowest BCUT2D eigenvalue weighted by atomic mass is 9.85. The summed E-state index contributed by atoms with van der Waals surface area (Å²) in [5, 5.41) is 0. The monoisotopic (exact) mass is 234 g/mol. The van der Waals surface area contributed by atoms with Gasteiger partial charge < -0.3 is 15.4 Å². The highest BCUT2D eigenvalue weighted by molar-refractivity contribution is 5.62. The Morgan fingerprint density at radius 2 is 2.18 bits per heavy atom. The second kappa shape index (κ2) is 5.30. The van der Waals surface area contributed by atoms with Crippen molar-refractivity contribution in [2.75, 3.05) is 30.8 Å². The van der Waals surface area contributed by atoms with Crippen molar-refractivity contribution in [2.24, 2.45) is 5.92 Å². The molecule has 0 atom stereocenters. The maximum Gasteiger partial charge on any atom is 0.144 e. The molecular weight excluding hydrogens is 212 g/mol. The van der Waals surface area contributed by atoms with Gasteiger partial charge in [-0.25, -0.2) is 0 Å². The van der Waals surface area contributed by atoms with Crippen molar-refractivity contribution in [3.63, 3.8) is 0 Å². The zero-order chi connectivity index (χ0) is 12.3. The van der Waals surface area contributed by atoms with E-state index in [-0.39, 0.29) is 0 Å². The molecule has 0 radical (unpaired) electrons. The van der Waals surface area contributed by atoms with Crippen LogP contribution in [0.1, 0.15) is 26.2 Å². The zero-order valence-electron chi connectivity index (χ0n) is 10.8. The van der Waals surface area contributed by atoms with E-state index < -0.39 is 0 Å². The Morgan fingerprint density at radius 1 is 1.41 bits per heavy atom. The molecule has 2 N–H and O–H groups in total. The van der Waals surface area contributed by atoms with E-state index in [0.29, 0.717) is 12.3 Å². The van der Waals surface area contributed by atoms with E-state index in [4.69, 9.17) is 10.5 Å². The van der Waals surface area contributed by atoms with Gasteiger partial charge in [-0.05, 0) is 37.8 Å². The Bertz CT molecular complexity index is 374. The summed E-state index contributed by atoms with van der Waals surface area (Å²) >= 11 is 0. The molecule has 1 aliphatic carbocycles. The van der Waals surface area contributed by atoms with Crippen LogP contribution in [-0.2, 0) is 0 Å². The van der Waals surface area contributed by atoms with Crippen LogP contribution in [0.2, 0.25) is 0 Å². The summed E-state index contributed by atoms with van der Waals surface area (Å²) in [5.74, 6) is 1.67. The molecule has 0 amide bonds. The van der Waals surface area contributed by atoms with Crippen LogP contribution in [0.3, 0.4) is 0 Å². The SMILES string of the molecule is CCOc1cc(N(C)CC2CCC2)ccc1N. The van der Waals surface area contributed by atoms with Gasteiger partial charge in [0.15, 0.2) is 0 Å². The number of nitrogens with two attached hydrogens (primary N) is 1. The molecule has 0 unspecified atom stereocenters. The highest BCUT2D eigenvalue weighted by atomic mass is 16.5. The average Bonchev–Trinajstić information content (AvgIpc) is 2.26. The van der Waals surface area contributed by atoms with E-state index >= 15 is 0 Å². The normalized spacial score (nSPS) is 15.4. The minimum absolute atomic E-state index is 0.653. The van der Waals surface area contributed by atoms with Gasteiger partial charge >= 0.3 is 0 Å². The number of ether oxygens (including phenoxy) is 1. The number of nitrogen functional groups attached to an aromatic ring is 1. The van der Waals surface area contributed by atoms with Crippen LogP contribution in [-0.4, -0.2) is 20.2 Å². The van der Waals surface area contributed by atoms with Gasteiger partial charge in [0.2, 0.25) is 0 Å². The predicted molar refractivity (Wildman–Crippen MR) is 72.6 cm³/mol. The minimum atomic E-state index is 0.653. The fourth-order valence-corrected chi connectivity index (χ4v) is 2.21. The maximum atomic E-state index is 5.87. The van der Waals surface area contributed by atoms with Crippen LogP contribution >= 0.6 is 0 Å². The Labute approximate surface area is 104 Å². The lowest BCUT2D eigenvalue weighted by Gasteiger charge is -2.31. The number of anilines is 2. The van der Waals surface area contributed by atoms with Gasteiger partial charge in [-0.1, -0.05) is 6.42 Å². The number of nitrogens with zero attached hydrogens (tertiary/aromatic N) is 1. The molecule has 1 aliphatic rings. The number of benzene rings is 1. The predicted octanol–water partition coefficient (Wildman–Crippen LogP) is 2.90. The molecule has 3 heteroatoms. The molecule has 2 rings (SSSR count). The molecule has 0 saturated heterocycles. The topological polar surface area (TPSA) is 38.5 Å². The van der Waals surface area contributed by atoms with E-state index in [2.05, 4.69) is 18.0 Å². The van der Waals surface area contributed by atoms with Crippen LogP contribution in [0.15, 0.2) is 18.2 Å². The summed E-state index contributed by atoms with van der Waals surface area (Å²) in [6, 6.07) is 6.03. The molecule has 1 saturated carbocycles. The molecule has 0 aromatic heterocycles. The van der Waals surface area contributed by atoms with E-state index in [1.165, 1.54) is 24.9 Å². The Balaban J connectivity index is 2.05. The van der Waals surface area contributed by atoms with Crippen LogP contribution in [0.4, 0.5) is 11.4 Å². The van der Waals surface area contributed by atoms with Crippen molar-refractivity contribution in [3.05, 3.63) is 18.2 Å². The van der Waals surface area contributed by atoms with Gasteiger partial charge in [0.1, 0.15) is 5.75 Å². The number of hydrogen-bond acceptors (Lipinski definition) is 3. The molecular formula is C14H22N2O. The Morgan fingerprint density at radius 3 is 2.76 bits per heavy atom. The summed E-state index contributed by atoms with van der Waals surface area (Å²) in [6.07, 6.45) is 4.14. The summed E-state index contributed by atoms with van der Waals surface area (Å²) in [6.45, 7) is 3.76. The van der Waals surface area contributed by atoms with E-state index in [1.807, 2.05) is 19.1 Å². The van der Waals surface area contributed by atoms with E-state index in [9.17, 15) is 0 Å². The molecule has 1 fully saturated rings. The summed E-state index contributed by atoms with van der Waals surface area (Å²) in [7, 11) is 2.14. The average molecular weight is 234 g/mol. The first-order chi connectivity index (χ1) is 8.20. The minimum Gasteiger partial charge on any atom is -0.492 e. The highest BCUT2D eigenvalue weighted by Gasteiger charge is 2.19. The van der Waals surface area contributed by atoms with Crippen molar-refractivity contribution in [1.82, 2.24) is 0 Å². The Hall–Kier alpha value is -1.38. The van der Waals surface area contributed by atoms with Crippen molar-refractivity contribution in [2.45, 2.75) is 26.2 Å². The lowest BCUT2D eigenvalue weighted by molar-refractivity contribution is 0.321. The van der Waals surface area contributed by atoms with Crippen LogP contribution in [0.5, 0.6) is 5.75 Å². The number of hydrogen-bond donors (Lipinski definition) is 1. The summed E-state index contributed by atoms with van der Waals surface area (Å²) in [5.41, 5.74) is 7.78. The van der Waals surface area contributed by atoms with Crippen LogP contribution in [0.25, 0.3) is 0 Å². The van der Waals surface area contributed by atoms with Crippen molar-refractivity contribution < 1.29 is 4.74 Å². The zero-order valence-corrected chi connectivity index (χ0v) is 10.8. The van der Waals surface area contributed by atoms with Crippen molar-refractivity contribution >= 4 is 11.4 Å². The third kappa shape index (κ3) is 2.84. The molecule has 0 heterocycles. The van der Waals surface area contributed by atoms with Crippen molar-refractivity contribution in [3.8, 4) is 5.75 Å². The Kier molecular flexibility index (Phi) is 3.77. The molecule has 3 nitrogen and oxygen atoms in total. The molecule has 1 aromatic carbocycles. The molecule has 17 heavy (non-hydrogen) atoms. The molecule has 0 aliphatic heterocycles. The van der Waals surface area contributed by atoms with Gasteiger partial charge in [-0.15, -0.1) is 0 Å². The maximum absolute atomic E-state index is 5.87. The quantitative estimate of drug-likeness (QED) is 0.796. The summed E-state index contributed by atoms with van der Waals surface area (Å²) < 4.78 is 5.52. The van der Waals surface area contributed by atoms with Crippen LogP contribution < -0.4 is 15.4 Å². The molecule has 1 aromatic rings. The second-order valence-corrected chi connectivity index (χ2v) is 4.83. The fourth-order valence-electron chi connectivity index (χ4n) is 2.21. The van der Waals surface area contributed by atoms with Crippen LogP contribution in [0, 0.1) is 5.92 Å². The van der Waals surface area contributed by atoms with E-state index in [0.717, 1.165) is 18.2 Å². The third-order valence-electron chi connectivity index (χ3n) is 3.49. The second-order valence-electron chi connectivity index (χ2n) is 4.83. The first kappa shape index (κ1) is 12.1. The first-order valence-corrected chi connectivity index (χ1v) is 6.44. The fraction of sp³-hybridized carbons (Fsp3) is 0.571. The highest BCUT2D eigenvalue weighted by Crippen LogP contribution is 2.31. The van der Waals surface area contributed by atoms with Gasteiger partial charge in [0.25, 0.3) is 0 Å².